The van der Waals surface area contributed by atoms with Crippen molar-refractivity contribution >= 4 is 15.8 Å². The van der Waals surface area contributed by atoms with Crippen LogP contribution < -0.4 is 18.5 Å². The van der Waals surface area contributed by atoms with Crippen LogP contribution in [-0.2, 0) is 23.6 Å². The van der Waals surface area contributed by atoms with Gasteiger partial charge in [0.25, 0.3) is 15.9 Å². The lowest BCUT2D eigenvalue weighted by atomic mass is 10.0. The Bertz CT molecular complexity index is 1720. The predicted octanol–water partition coefficient (Wildman–Crippen LogP) is 5.03. The summed E-state index contributed by atoms with van der Waals surface area (Å²) < 4.78 is 91.9. The van der Waals surface area contributed by atoms with Crippen LogP contribution >= 0.6 is 0 Å². The van der Waals surface area contributed by atoms with Gasteiger partial charge in [0.05, 0.1) is 20.8 Å². The normalized spacial score (nSPS) is 17.9. The molecule has 228 valence electrons. The van der Waals surface area contributed by atoms with Crippen molar-refractivity contribution in [3.8, 4) is 17.2 Å². The molecule has 43 heavy (non-hydrogen) atoms. The molecule has 5 rings (SSSR count). The van der Waals surface area contributed by atoms with Crippen LogP contribution in [0.25, 0.3) is 0 Å². The number of aromatic nitrogens is 4. The van der Waals surface area contributed by atoms with Crippen LogP contribution in [0, 0.1) is 12.7 Å². The van der Waals surface area contributed by atoms with Crippen LogP contribution in [-0.4, -0.2) is 54.4 Å². The Morgan fingerprint density at radius 3 is 2.49 bits per heavy atom. The molecule has 14 heteroatoms. The number of ether oxygens (including phenoxy) is 3. The minimum atomic E-state index is -4.57. The molecule has 2 heterocycles. The van der Waals surface area contributed by atoms with Gasteiger partial charge in [0, 0.05) is 67.7 Å². The molecule has 2 aromatic heterocycles. The lowest BCUT2D eigenvalue weighted by Gasteiger charge is -2.26. The van der Waals surface area contributed by atoms with Crippen LogP contribution in [0.5, 0.6) is 17.2 Å². The Morgan fingerprint density at radius 1 is 1.05 bits per heavy atom. The average Bonchev–Trinajstić information content (AvgIpc) is 3.54. The molecule has 0 amide bonds. The molecule has 0 N–H and O–H groups in total. The molecule has 0 aliphatic heterocycles. The van der Waals surface area contributed by atoms with Crippen molar-refractivity contribution in [2.24, 2.45) is 7.05 Å². The molecule has 0 radical (unpaired) electrons. The van der Waals surface area contributed by atoms with Gasteiger partial charge in [-0.05, 0) is 36.8 Å². The van der Waals surface area contributed by atoms with Crippen LogP contribution in [0.4, 0.5) is 19.0 Å². The number of hydrogen-bond donors (Lipinski definition) is 0. The highest BCUT2D eigenvalue weighted by molar-refractivity contribution is 7.92. The lowest BCUT2D eigenvalue weighted by molar-refractivity contribution is -0.00144. The number of methoxy groups -OCH3 is 2. The number of aryl methyl sites for hydroxylation is 2. The van der Waals surface area contributed by atoms with Gasteiger partial charge in [-0.3, -0.25) is 4.68 Å². The highest BCUT2D eigenvalue weighted by Crippen LogP contribution is 2.46. The molecular weight excluding hydrogens is 587 g/mol. The van der Waals surface area contributed by atoms with E-state index in [-0.39, 0.29) is 23.7 Å². The van der Waals surface area contributed by atoms with Gasteiger partial charge in [-0.2, -0.15) is 5.10 Å². The fourth-order valence-corrected chi connectivity index (χ4v) is 6.77. The Labute approximate surface area is 247 Å². The number of benzene rings is 2. The maximum absolute atomic E-state index is 15.7. The number of rotatable bonds is 10. The van der Waals surface area contributed by atoms with E-state index in [4.69, 9.17) is 14.2 Å². The maximum atomic E-state index is 15.7. The van der Waals surface area contributed by atoms with Gasteiger partial charge in [0.2, 0.25) is 0 Å². The summed E-state index contributed by atoms with van der Waals surface area (Å²) in [4.78, 5) is 7.31. The third-order valence-electron chi connectivity index (χ3n) is 7.41. The summed E-state index contributed by atoms with van der Waals surface area (Å²) in [6.45, 7) is 1.27. The second-order valence-corrected chi connectivity index (χ2v) is 12.0. The summed E-state index contributed by atoms with van der Waals surface area (Å²) in [5.41, 5.74) is 1.28. The smallest absolute Gasteiger partial charge is 0.268 e. The van der Waals surface area contributed by atoms with Crippen LogP contribution in [0.2, 0.25) is 0 Å². The first-order chi connectivity index (χ1) is 20.4. The summed E-state index contributed by atoms with van der Waals surface area (Å²) in [5.74, 6) is -3.97. The highest BCUT2D eigenvalue weighted by Gasteiger charge is 2.49. The maximum Gasteiger partial charge on any atom is 0.268 e. The van der Waals surface area contributed by atoms with Crippen LogP contribution in [0.3, 0.4) is 0 Å². The van der Waals surface area contributed by atoms with Crippen molar-refractivity contribution < 1.29 is 35.8 Å². The van der Waals surface area contributed by atoms with Crippen molar-refractivity contribution in [2.45, 2.75) is 49.2 Å². The SMILES string of the molecule is COc1ccc(CN(c2ccncn2)S(=O)(=O)c2cc(C)c(OC3CC(F)(F)CC3c3ccnn3C)cc2F)c(OC)c1. The summed E-state index contributed by atoms with van der Waals surface area (Å²) in [7, 11) is 0.00579. The molecule has 0 bridgehead atoms. The third-order valence-corrected chi connectivity index (χ3v) is 9.18. The van der Waals surface area contributed by atoms with E-state index >= 15 is 4.39 Å². The Hall–Kier alpha value is -4.33. The summed E-state index contributed by atoms with van der Waals surface area (Å²) in [5, 5.41) is 4.07. The quantitative estimate of drug-likeness (QED) is 0.244. The molecule has 1 aliphatic rings. The number of anilines is 1. The molecule has 1 aliphatic carbocycles. The largest absolute Gasteiger partial charge is 0.497 e. The zero-order valence-corrected chi connectivity index (χ0v) is 24.7. The summed E-state index contributed by atoms with van der Waals surface area (Å²) in [6.07, 6.45) is 2.05. The minimum absolute atomic E-state index is 0.00235. The molecule has 4 aromatic rings. The van der Waals surface area contributed by atoms with E-state index in [1.807, 2.05) is 0 Å². The molecule has 2 aromatic carbocycles. The molecule has 0 saturated heterocycles. The summed E-state index contributed by atoms with van der Waals surface area (Å²) in [6, 6.07) is 9.96. The molecule has 10 nitrogen and oxygen atoms in total. The van der Waals surface area contributed by atoms with E-state index in [0.29, 0.717) is 22.8 Å². The first-order valence-electron chi connectivity index (χ1n) is 13.3. The van der Waals surface area contributed by atoms with E-state index in [1.54, 1.807) is 31.3 Å². The van der Waals surface area contributed by atoms with E-state index in [1.165, 1.54) is 50.6 Å². The van der Waals surface area contributed by atoms with Gasteiger partial charge in [0.15, 0.2) is 0 Å². The number of sulfonamides is 1. The Kier molecular flexibility index (Phi) is 8.23. The second kappa shape index (κ2) is 11.7. The Balaban J connectivity index is 1.50. The number of alkyl halides is 2. The minimum Gasteiger partial charge on any atom is -0.497 e. The van der Waals surface area contributed by atoms with Gasteiger partial charge in [-0.25, -0.2) is 35.9 Å². The zero-order valence-electron chi connectivity index (χ0n) is 23.9. The fraction of sp³-hybridized carbons (Fsp3) is 0.345. The van der Waals surface area contributed by atoms with Crippen molar-refractivity contribution in [1.29, 1.82) is 0 Å². The second-order valence-electron chi connectivity index (χ2n) is 10.2. The number of halogens is 3. The average molecular weight is 618 g/mol. The topological polar surface area (TPSA) is 109 Å². The van der Waals surface area contributed by atoms with Gasteiger partial charge in [-0.15, -0.1) is 0 Å². The van der Waals surface area contributed by atoms with E-state index in [0.717, 1.165) is 16.4 Å². The van der Waals surface area contributed by atoms with Gasteiger partial charge in [0.1, 0.15) is 46.2 Å². The first kappa shape index (κ1) is 30.1. The molecule has 1 fully saturated rings. The van der Waals surface area contributed by atoms with Crippen LogP contribution in [0.15, 0.2) is 66.1 Å². The molecule has 2 atom stereocenters. The van der Waals surface area contributed by atoms with E-state index < -0.39 is 51.5 Å². The van der Waals surface area contributed by atoms with E-state index in [2.05, 4.69) is 15.1 Å². The van der Waals surface area contributed by atoms with Gasteiger partial charge in [-0.1, -0.05) is 0 Å². The number of hydrogen-bond acceptors (Lipinski definition) is 8. The van der Waals surface area contributed by atoms with Crippen molar-refractivity contribution in [3.63, 3.8) is 0 Å². The standard InChI is InChI=1S/C29H30F3N5O5S/c1-18-11-27(22(30)13-24(18)42-26-15-29(31,32)14-21(26)23-7-10-35-36(23)2)43(38,39)37(28-8-9-33-17-34-28)16-19-5-6-20(40-3)12-25(19)41-4/h5-13,17,21,26H,14-16H2,1-4H3. The molecular formula is C29H30F3N5O5S. The third kappa shape index (κ3) is 6.10. The predicted molar refractivity (Wildman–Crippen MR) is 151 cm³/mol. The van der Waals surface area contributed by atoms with E-state index in [9.17, 15) is 17.2 Å². The Morgan fingerprint density at radius 2 is 1.84 bits per heavy atom. The van der Waals surface area contributed by atoms with Gasteiger partial charge < -0.3 is 14.2 Å². The van der Waals surface area contributed by atoms with Gasteiger partial charge >= 0.3 is 0 Å². The van der Waals surface area contributed by atoms with Crippen molar-refractivity contribution in [2.75, 3.05) is 18.5 Å². The highest BCUT2D eigenvalue weighted by atomic mass is 32.2. The zero-order chi connectivity index (χ0) is 30.9. The molecule has 0 spiro atoms. The van der Waals surface area contributed by atoms with Crippen molar-refractivity contribution in [3.05, 3.63) is 83.8 Å². The summed E-state index contributed by atoms with van der Waals surface area (Å²) >= 11 is 0. The first-order valence-corrected chi connectivity index (χ1v) is 14.7. The lowest BCUT2D eigenvalue weighted by Crippen LogP contribution is -2.32. The van der Waals surface area contributed by atoms with Crippen LogP contribution in [0.1, 0.15) is 35.6 Å². The van der Waals surface area contributed by atoms with Crippen molar-refractivity contribution in [1.82, 2.24) is 19.7 Å². The molecule has 2 unspecified atom stereocenters. The number of nitrogens with zero attached hydrogens (tertiary/aromatic N) is 5. The monoisotopic (exact) mass is 617 g/mol. The fourth-order valence-electron chi connectivity index (χ4n) is 5.24. The molecule has 1 saturated carbocycles.